The average molecular weight is 352 g/mol. The van der Waals surface area contributed by atoms with Gasteiger partial charge in [0.1, 0.15) is 11.5 Å². The second-order valence-electron chi connectivity index (χ2n) is 6.79. The molecule has 0 aromatic carbocycles. The van der Waals surface area contributed by atoms with Crippen molar-refractivity contribution in [2.24, 2.45) is 0 Å². The summed E-state index contributed by atoms with van der Waals surface area (Å²) >= 11 is 0. The number of pyridine rings is 1. The molecular formula is C19H24N6O. The zero-order valence-electron chi connectivity index (χ0n) is 14.9. The first-order valence-corrected chi connectivity index (χ1v) is 9.33. The summed E-state index contributed by atoms with van der Waals surface area (Å²) in [5.41, 5.74) is 4.29. The Hall–Kier alpha value is -2.54. The zero-order chi connectivity index (χ0) is 17.8. The predicted octanol–water partition coefficient (Wildman–Crippen LogP) is 1.41. The van der Waals surface area contributed by atoms with Crippen LogP contribution in [0.2, 0.25) is 0 Å². The molecule has 2 N–H and O–H groups in total. The lowest BCUT2D eigenvalue weighted by atomic mass is 9.91. The minimum atomic E-state index is -0.0515. The standard InChI is InChI=1S/C19H24N6O/c26-19(25-9-7-20-8-10-25)17-12-24-18(13-22-17)23-11-16-15-4-2-1-3-14(15)5-6-21-16/h5-6,12-13,20H,1-4,7-11H2,(H,23,24). The number of nitrogens with zero attached hydrogens (tertiary/aromatic N) is 4. The highest BCUT2D eigenvalue weighted by Crippen LogP contribution is 2.23. The number of hydrogen-bond acceptors (Lipinski definition) is 6. The van der Waals surface area contributed by atoms with Crippen LogP contribution in [0.1, 0.15) is 40.2 Å². The molecule has 1 aliphatic carbocycles. The highest BCUT2D eigenvalue weighted by molar-refractivity contribution is 5.92. The van der Waals surface area contributed by atoms with Crippen LogP contribution in [0.3, 0.4) is 0 Å². The van der Waals surface area contributed by atoms with Gasteiger partial charge in [-0.1, -0.05) is 0 Å². The molecule has 2 aromatic heterocycles. The molecule has 0 radical (unpaired) electrons. The van der Waals surface area contributed by atoms with Gasteiger partial charge >= 0.3 is 0 Å². The summed E-state index contributed by atoms with van der Waals surface area (Å²) in [6, 6.07) is 2.13. The number of nitrogens with one attached hydrogen (secondary N) is 2. The topological polar surface area (TPSA) is 83.0 Å². The van der Waals surface area contributed by atoms with E-state index in [1.165, 1.54) is 24.0 Å². The van der Waals surface area contributed by atoms with Crippen LogP contribution in [0.5, 0.6) is 0 Å². The van der Waals surface area contributed by atoms with Gasteiger partial charge in [0.15, 0.2) is 0 Å². The molecular weight excluding hydrogens is 328 g/mol. The Kier molecular flexibility index (Phi) is 5.06. The summed E-state index contributed by atoms with van der Waals surface area (Å²) in [6.07, 6.45) is 9.82. The Bertz CT molecular complexity index is 770. The molecule has 0 spiro atoms. The highest BCUT2D eigenvalue weighted by atomic mass is 16.2. The van der Waals surface area contributed by atoms with Crippen molar-refractivity contribution in [3.63, 3.8) is 0 Å². The first-order valence-electron chi connectivity index (χ1n) is 9.33. The van der Waals surface area contributed by atoms with Crippen molar-refractivity contribution in [2.45, 2.75) is 32.2 Å². The SMILES string of the molecule is O=C(c1cnc(NCc2nccc3c2CCCC3)cn1)N1CCNCC1. The van der Waals surface area contributed by atoms with Crippen LogP contribution in [0.15, 0.2) is 24.7 Å². The summed E-state index contributed by atoms with van der Waals surface area (Å²) in [5, 5.41) is 6.52. The van der Waals surface area contributed by atoms with E-state index in [1.54, 1.807) is 12.4 Å². The Morgan fingerprint density at radius 1 is 1.12 bits per heavy atom. The smallest absolute Gasteiger partial charge is 0.274 e. The van der Waals surface area contributed by atoms with E-state index in [0.717, 1.165) is 31.6 Å². The van der Waals surface area contributed by atoms with E-state index in [0.29, 0.717) is 31.1 Å². The number of rotatable bonds is 4. The number of piperazine rings is 1. The number of carbonyl (C=O) groups is 1. The maximum atomic E-state index is 12.4. The van der Waals surface area contributed by atoms with E-state index in [9.17, 15) is 4.79 Å². The maximum Gasteiger partial charge on any atom is 0.274 e. The molecule has 1 saturated heterocycles. The zero-order valence-corrected chi connectivity index (χ0v) is 14.9. The lowest BCUT2D eigenvalue weighted by Crippen LogP contribution is -2.46. The summed E-state index contributed by atoms with van der Waals surface area (Å²) in [6.45, 7) is 3.71. The quantitative estimate of drug-likeness (QED) is 0.866. The third-order valence-corrected chi connectivity index (χ3v) is 5.08. The molecule has 136 valence electrons. The van der Waals surface area contributed by atoms with Crippen LogP contribution in [-0.4, -0.2) is 51.9 Å². The minimum Gasteiger partial charge on any atom is -0.363 e. The maximum absolute atomic E-state index is 12.4. The molecule has 0 atom stereocenters. The van der Waals surface area contributed by atoms with E-state index < -0.39 is 0 Å². The van der Waals surface area contributed by atoms with Crippen molar-refractivity contribution in [1.82, 2.24) is 25.2 Å². The second kappa shape index (κ2) is 7.78. The summed E-state index contributed by atoms with van der Waals surface area (Å²) in [4.78, 5) is 27.4. The molecule has 1 aliphatic heterocycles. The van der Waals surface area contributed by atoms with Gasteiger partial charge in [-0.3, -0.25) is 9.78 Å². The first-order chi connectivity index (χ1) is 12.8. The molecule has 0 saturated carbocycles. The Balaban J connectivity index is 1.40. The number of fused-ring (bicyclic) bond motifs is 1. The van der Waals surface area contributed by atoms with Gasteiger partial charge in [0.05, 0.1) is 24.6 Å². The van der Waals surface area contributed by atoms with Crippen molar-refractivity contribution < 1.29 is 4.79 Å². The predicted molar refractivity (Wildman–Crippen MR) is 99.0 cm³/mol. The van der Waals surface area contributed by atoms with Gasteiger partial charge in [-0.15, -0.1) is 0 Å². The molecule has 0 unspecified atom stereocenters. The molecule has 7 nitrogen and oxygen atoms in total. The van der Waals surface area contributed by atoms with Gasteiger partial charge < -0.3 is 15.5 Å². The second-order valence-corrected chi connectivity index (χ2v) is 6.79. The van der Waals surface area contributed by atoms with Gasteiger partial charge in [-0.2, -0.15) is 0 Å². The van der Waals surface area contributed by atoms with Crippen molar-refractivity contribution in [1.29, 1.82) is 0 Å². The van der Waals surface area contributed by atoms with Crippen LogP contribution < -0.4 is 10.6 Å². The number of aryl methyl sites for hydroxylation is 1. The third kappa shape index (κ3) is 3.67. The number of hydrogen-bond donors (Lipinski definition) is 2. The van der Waals surface area contributed by atoms with E-state index in [4.69, 9.17) is 0 Å². The monoisotopic (exact) mass is 352 g/mol. The number of amides is 1. The van der Waals surface area contributed by atoms with Crippen molar-refractivity contribution in [3.8, 4) is 0 Å². The highest BCUT2D eigenvalue weighted by Gasteiger charge is 2.19. The summed E-state index contributed by atoms with van der Waals surface area (Å²) < 4.78 is 0. The van der Waals surface area contributed by atoms with E-state index in [2.05, 4.69) is 31.7 Å². The van der Waals surface area contributed by atoms with E-state index in [-0.39, 0.29) is 5.91 Å². The van der Waals surface area contributed by atoms with Gasteiger partial charge in [0.2, 0.25) is 0 Å². The molecule has 4 rings (SSSR count). The fourth-order valence-corrected chi connectivity index (χ4v) is 3.62. The van der Waals surface area contributed by atoms with Crippen LogP contribution in [0.4, 0.5) is 5.82 Å². The fraction of sp³-hybridized carbons (Fsp3) is 0.474. The molecule has 1 amide bonds. The number of aromatic nitrogens is 3. The molecule has 26 heavy (non-hydrogen) atoms. The molecule has 3 heterocycles. The Morgan fingerprint density at radius 2 is 1.96 bits per heavy atom. The number of anilines is 1. The lowest BCUT2D eigenvalue weighted by Gasteiger charge is -2.26. The molecule has 2 aromatic rings. The van der Waals surface area contributed by atoms with Gasteiger partial charge in [-0.25, -0.2) is 9.97 Å². The van der Waals surface area contributed by atoms with Crippen molar-refractivity contribution >= 4 is 11.7 Å². The first kappa shape index (κ1) is 16.9. The molecule has 2 aliphatic rings. The summed E-state index contributed by atoms with van der Waals surface area (Å²) in [5.74, 6) is 0.612. The molecule has 7 heteroatoms. The lowest BCUT2D eigenvalue weighted by molar-refractivity contribution is 0.0729. The molecule has 1 fully saturated rings. The third-order valence-electron chi connectivity index (χ3n) is 5.08. The van der Waals surface area contributed by atoms with Crippen LogP contribution in [0, 0.1) is 0 Å². The largest absolute Gasteiger partial charge is 0.363 e. The van der Waals surface area contributed by atoms with Gasteiger partial charge in [0, 0.05) is 32.4 Å². The Morgan fingerprint density at radius 3 is 2.77 bits per heavy atom. The van der Waals surface area contributed by atoms with Crippen LogP contribution in [-0.2, 0) is 19.4 Å². The average Bonchev–Trinajstić information content (AvgIpc) is 2.73. The number of carbonyl (C=O) groups excluding carboxylic acids is 1. The minimum absolute atomic E-state index is 0.0515. The molecule has 0 bridgehead atoms. The van der Waals surface area contributed by atoms with Crippen molar-refractivity contribution in [3.05, 3.63) is 47.2 Å². The van der Waals surface area contributed by atoms with Gasteiger partial charge in [0.25, 0.3) is 5.91 Å². The van der Waals surface area contributed by atoms with Crippen LogP contribution in [0.25, 0.3) is 0 Å². The van der Waals surface area contributed by atoms with Crippen molar-refractivity contribution in [2.75, 3.05) is 31.5 Å². The van der Waals surface area contributed by atoms with Gasteiger partial charge in [-0.05, 0) is 42.9 Å². The van der Waals surface area contributed by atoms with E-state index >= 15 is 0 Å². The normalized spacial score (nSPS) is 16.8. The Labute approximate surface area is 153 Å². The summed E-state index contributed by atoms with van der Waals surface area (Å²) in [7, 11) is 0. The van der Waals surface area contributed by atoms with E-state index in [1.807, 2.05) is 11.1 Å². The van der Waals surface area contributed by atoms with Crippen LogP contribution >= 0.6 is 0 Å². The fourth-order valence-electron chi connectivity index (χ4n) is 3.62.